The Balaban J connectivity index is 3.15. The average molecular weight is 388 g/mol. The Bertz CT molecular complexity index is 559. The number of aliphatic carboxylic acids is 1. The van der Waals surface area contributed by atoms with Crippen LogP contribution in [0.5, 0.6) is 11.5 Å². The molecule has 0 atom stereocenters. The maximum Gasteiger partial charge on any atom is 0.305 e. The highest BCUT2D eigenvalue weighted by atomic mass is 79.9. The maximum absolute atomic E-state index is 12.6. The summed E-state index contributed by atoms with van der Waals surface area (Å²) in [4.78, 5) is 23.7. The lowest BCUT2D eigenvalue weighted by Crippen LogP contribution is -2.49. The van der Waals surface area contributed by atoms with E-state index < -0.39 is 11.5 Å². The minimum absolute atomic E-state index is 0.128. The zero-order valence-electron chi connectivity index (χ0n) is 13.7. The van der Waals surface area contributed by atoms with E-state index in [-0.39, 0.29) is 12.3 Å². The molecule has 1 amide bonds. The minimum Gasteiger partial charge on any atom is -0.495 e. The van der Waals surface area contributed by atoms with Crippen molar-refractivity contribution in [2.24, 2.45) is 0 Å². The normalized spacial score (nSPS) is 11.0. The van der Waals surface area contributed by atoms with E-state index in [1.54, 1.807) is 12.1 Å². The molecule has 0 fully saturated rings. The van der Waals surface area contributed by atoms with E-state index >= 15 is 0 Å². The van der Waals surface area contributed by atoms with Crippen LogP contribution >= 0.6 is 15.9 Å². The van der Waals surface area contributed by atoms with Crippen LogP contribution in [0.4, 0.5) is 0 Å². The lowest BCUT2D eigenvalue weighted by molar-refractivity contribution is -0.138. The van der Waals surface area contributed by atoms with Crippen molar-refractivity contribution < 1.29 is 24.2 Å². The highest BCUT2D eigenvalue weighted by molar-refractivity contribution is 9.10. The van der Waals surface area contributed by atoms with Crippen molar-refractivity contribution >= 4 is 27.8 Å². The number of benzene rings is 1. The molecule has 0 aliphatic heterocycles. The third kappa shape index (κ3) is 4.60. The molecule has 0 bridgehead atoms. The predicted molar refractivity (Wildman–Crippen MR) is 90.3 cm³/mol. The molecule has 1 aromatic carbocycles. The van der Waals surface area contributed by atoms with E-state index in [0.29, 0.717) is 34.4 Å². The minimum atomic E-state index is -0.944. The average Bonchev–Trinajstić information content (AvgIpc) is 2.53. The SMILES string of the molecule is CCC(CC)(CC(=O)O)NC(=O)c1cc(OC)c(Br)c(OC)c1. The standard InChI is InChI=1S/C16H22BrNO5/c1-5-16(6-2,9-13(19)20)18-15(21)10-7-11(22-3)14(17)12(8-10)23-4/h7-8H,5-6,9H2,1-4H3,(H,18,21)(H,19,20). The van der Waals surface area contributed by atoms with E-state index in [2.05, 4.69) is 21.2 Å². The summed E-state index contributed by atoms with van der Waals surface area (Å²) < 4.78 is 11.1. The van der Waals surface area contributed by atoms with E-state index in [1.807, 2.05) is 13.8 Å². The summed E-state index contributed by atoms with van der Waals surface area (Å²) in [6.45, 7) is 3.71. The van der Waals surface area contributed by atoms with Gasteiger partial charge in [-0.2, -0.15) is 0 Å². The molecule has 1 aromatic rings. The van der Waals surface area contributed by atoms with E-state index in [4.69, 9.17) is 14.6 Å². The predicted octanol–water partition coefficient (Wildman–Crippen LogP) is 3.23. The first-order valence-electron chi connectivity index (χ1n) is 7.28. The Morgan fingerprint density at radius 1 is 1.17 bits per heavy atom. The molecule has 23 heavy (non-hydrogen) atoms. The second-order valence-corrected chi connectivity index (χ2v) is 6.00. The van der Waals surface area contributed by atoms with Crippen molar-refractivity contribution in [3.8, 4) is 11.5 Å². The summed E-state index contributed by atoms with van der Waals surface area (Å²) in [5, 5.41) is 12.0. The van der Waals surface area contributed by atoms with Gasteiger partial charge in [0, 0.05) is 5.56 Å². The summed E-state index contributed by atoms with van der Waals surface area (Å²) in [5.41, 5.74) is -0.435. The van der Waals surface area contributed by atoms with Gasteiger partial charge in [0.1, 0.15) is 16.0 Å². The molecule has 0 spiro atoms. The molecule has 128 valence electrons. The smallest absolute Gasteiger partial charge is 0.305 e. The first kappa shape index (κ1) is 19.3. The Hall–Kier alpha value is -1.76. The first-order valence-corrected chi connectivity index (χ1v) is 8.07. The van der Waals surface area contributed by atoms with Crippen molar-refractivity contribution in [3.05, 3.63) is 22.2 Å². The monoisotopic (exact) mass is 387 g/mol. The highest BCUT2D eigenvalue weighted by Gasteiger charge is 2.31. The van der Waals surface area contributed by atoms with Gasteiger partial charge in [0.2, 0.25) is 0 Å². The second kappa shape index (κ2) is 8.19. The van der Waals surface area contributed by atoms with Gasteiger partial charge in [-0.3, -0.25) is 9.59 Å². The topological polar surface area (TPSA) is 84.9 Å². The third-order valence-electron chi connectivity index (χ3n) is 3.93. The number of carbonyl (C=O) groups is 2. The van der Waals surface area contributed by atoms with E-state index in [9.17, 15) is 9.59 Å². The van der Waals surface area contributed by atoms with Gasteiger partial charge >= 0.3 is 5.97 Å². The molecule has 6 nitrogen and oxygen atoms in total. The number of ether oxygens (including phenoxy) is 2. The van der Waals surface area contributed by atoms with Crippen LogP contribution in [0.25, 0.3) is 0 Å². The largest absolute Gasteiger partial charge is 0.495 e. The van der Waals surface area contributed by atoms with Crippen molar-refractivity contribution in [1.29, 1.82) is 0 Å². The van der Waals surface area contributed by atoms with Crippen molar-refractivity contribution in [2.45, 2.75) is 38.6 Å². The summed E-state index contributed by atoms with van der Waals surface area (Å²) in [6.07, 6.45) is 0.912. The molecule has 7 heteroatoms. The van der Waals surface area contributed by atoms with E-state index in [0.717, 1.165) is 0 Å². The molecule has 0 unspecified atom stereocenters. The van der Waals surface area contributed by atoms with Crippen molar-refractivity contribution in [2.75, 3.05) is 14.2 Å². The lowest BCUT2D eigenvalue weighted by Gasteiger charge is -2.31. The molecule has 0 radical (unpaired) electrons. The second-order valence-electron chi connectivity index (χ2n) is 5.21. The number of nitrogens with one attached hydrogen (secondary N) is 1. The lowest BCUT2D eigenvalue weighted by atomic mass is 9.88. The van der Waals surface area contributed by atoms with Crippen molar-refractivity contribution in [3.63, 3.8) is 0 Å². The van der Waals surface area contributed by atoms with Gasteiger partial charge in [0.15, 0.2) is 0 Å². The van der Waals surface area contributed by atoms with Crippen LogP contribution in [0.1, 0.15) is 43.5 Å². The molecule has 0 aliphatic carbocycles. The highest BCUT2D eigenvalue weighted by Crippen LogP contribution is 2.35. The van der Waals surface area contributed by atoms with Crippen LogP contribution in [-0.4, -0.2) is 36.7 Å². The fourth-order valence-electron chi connectivity index (χ4n) is 2.32. The quantitative estimate of drug-likeness (QED) is 0.714. The molecule has 0 saturated carbocycles. The Morgan fingerprint density at radius 3 is 2.00 bits per heavy atom. The van der Waals surface area contributed by atoms with Gasteiger partial charge in [-0.05, 0) is 40.9 Å². The molecule has 2 N–H and O–H groups in total. The number of rotatable bonds is 8. The van der Waals surface area contributed by atoms with Gasteiger partial charge in [-0.25, -0.2) is 0 Å². The number of carbonyl (C=O) groups excluding carboxylic acids is 1. The van der Waals surface area contributed by atoms with Crippen LogP contribution in [0.3, 0.4) is 0 Å². The number of carboxylic acid groups (broad SMARTS) is 1. The Labute approximate surface area is 144 Å². The number of methoxy groups -OCH3 is 2. The molecule has 0 saturated heterocycles. The molecular weight excluding hydrogens is 366 g/mol. The van der Waals surface area contributed by atoms with Crippen LogP contribution in [0, 0.1) is 0 Å². The summed E-state index contributed by atoms with van der Waals surface area (Å²) >= 11 is 3.35. The number of halogens is 1. The fourth-order valence-corrected chi connectivity index (χ4v) is 2.88. The van der Waals surface area contributed by atoms with Crippen molar-refractivity contribution in [1.82, 2.24) is 5.32 Å². The fraction of sp³-hybridized carbons (Fsp3) is 0.500. The third-order valence-corrected chi connectivity index (χ3v) is 4.71. The summed E-state index contributed by atoms with van der Waals surface area (Å²) in [6, 6.07) is 3.16. The zero-order valence-corrected chi connectivity index (χ0v) is 15.3. The number of amides is 1. The van der Waals surface area contributed by atoms with Gasteiger partial charge in [0.05, 0.1) is 26.2 Å². The van der Waals surface area contributed by atoms with Crippen LogP contribution in [-0.2, 0) is 4.79 Å². The molecular formula is C16H22BrNO5. The van der Waals surface area contributed by atoms with E-state index in [1.165, 1.54) is 14.2 Å². The van der Waals surface area contributed by atoms with Crippen LogP contribution in [0.15, 0.2) is 16.6 Å². The Morgan fingerprint density at radius 2 is 1.65 bits per heavy atom. The van der Waals surface area contributed by atoms with Gasteiger partial charge < -0.3 is 19.9 Å². The zero-order chi connectivity index (χ0) is 17.6. The Kier molecular flexibility index (Phi) is 6.87. The number of hydrogen-bond donors (Lipinski definition) is 2. The molecule has 0 aliphatic rings. The number of hydrogen-bond acceptors (Lipinski definition) is 4. The maximum atomic E-state index is 12.6. The van der Waals surface area contributed by atoms with Crippen LogP contribution < -0.4 is 14.8 Å². The molecule has 1 rings (SSSR count). The van der Waals surface area contributed by atoms with Gasteiger partial charge in [-0.1, -0.05) is 13.8 Å². The first-order chi connectivity index (χ1) is 10.8. The van der Waals surface area contributed by atoms with Crippen LogP contribution in [0.2, 0.25) is 0 Å². The number of carboxylic acids is 1. The molecule has 0 aromatic heterocycles. The van der Waals surface area contributed by atoms with Gasteiger partial charge in [-0.15, -0.1) is 0 Å². The summed E-state index contributed by atoms with van der Waals surface area (Å²) in [7, 11) is 2.99. The molecule has 0 heterocycles. The summed E-state index contributed by atoms with van der Waals surface area (Å²) in [5.74, 6) is -0.378. The van der Waals surface area contributed by atoms with Gasteiger partial charge in [0.25, 0.3) is 5.91 Å².